The molecule has 0 aromatic carbocycles. The number of Topliss-reactive ketones (excluding diaryl/α,β-unsaturated/α-hetero) is 1. The topological polar surface area (TPSA) is 75.3 Å². The van der Waals surface area contributed by atoms with E-state index in [1.54, 1.807) is 0 Å². The molecule has 0 spiro atoms. The zero-order valence-corrected chi connectivity index (χ0v) is 7.42. The lowest BCUT2D eigenvalue weighted by Gasteiger charge is -2.08. The van der Waals surface area contributed by atoms with Crippen LogP contribution in [-0.4, -0.2) is 30.2 Å². The quantitative estimate of drug-likeness (QED) is 0.538. The average molecular weight is 184 g/mol. The van der Waals surface area contributed by atoms with Crippen LogP contribution in [0.4, 0.5) is 0 Å². The highest BCUT2D eigenvalue weighted by molar-refractivity contribution is 6.38. The molecule has 0 unspecified atom stereocenters. The van der Waals surface area contributed by atoms with Crippen molar-refractivity contribution in [3.05, 3.63) is 0 Å². The average Bonchev–Trinajstić information content (AvgIpc) is 2.55. The van der Waals surface area contributed by atoms with E-state index in [2.05, 4.69) is 5.32 Å². The van der Waals surface area contributed by atoms with Crippen LogP contribution in [0, 0.1) is 0 Å². The van der Waals surface area contributed by atoms with Gasteiger partial charge in [0.15, 0.2) is 0 Å². The van der Waals surface area contributed by atoms with Crippen LogP contribution in [0.25, 0.3) is 0 Å². The SMILES string of the molecule is CC(=O)C(=O)NC(=O)[C@@H]1CCCN1. The van der Waals surface area contributed by atoms with Crippen LogP contribution in [0.2, 0.25) is 0 Å². The van der Waals surface area contributed by atoms with Crippen LogP contribution in [0.1, 0.15) is 19.8 Å². The van der Waals surface area contributed by atoms with E-state index in [0.717, 1.165) is 26.3 Å². The summed E-state index contributed by atoms with van der Waals surface area (Å²) in [6.45, 7) is 1.91. The predicted octanol–water partition coefficient (Wildman–Crippen LogP) is -1.03. The molecule has 5 heteroatoms. The third kappa shape index (κ3) is 2.62. The van der Waals surface area contributed by atoms with Crippen molar-refractivity contribution in [1.82, 2.24) is 10.6 Å². The molecule has 1 atom stereocenters. The molecule has 1 aliphatic rings. The highest BCUT2D eigenvalue weighted by Gasteiger charge is 2.24. The zero-order valence-electron chi connectivity index (χ0n) is 7.42. The minimum Gasteiger partial charge on any atom is -0.306 e. The predicted molar refractivity (Wildman–Crippen MR) is 44.9 cm³/mol. The maximum absolute atomic E-state index is 11.2. The lowest BCUT2D eigenvalue weighted by molar-refractivity contribution is -0.140. The van der Waals surface area contributed by atoms with Gasteiger partial charge in [-0.3, -0.25) is 19.7 Å². The molecule has 0 aromatic rings. The highest BCUT2D eigenvalue weighted by Crippen LogP contribution is 2.04. The van der Waals surface area contributed by atoms with Crippen molar-refractivity contribution < 1.29 is 14.4 Å². The molecule has 2 N–H and O–H groups in total. The fourth-order valence-electron chi connectivity index (χ4n) is 1.20. The zero-order chi connectivity index (χ0) is 9.84. The Morgan fingerprint density at radius 1 is 1.38 bits per heavy atom. The first-order valence-electron chi connectivity index (χ1n) is 4.20. The second-order valence-electron chi connectivity index (χ2n) is 3.02. The van der Waals surface area contributed by atoms with E-state index in [1.165, 1.54) is 0 Å². The van der Waals surface area contributed by atoms with Gasteiger partial charge in [0.25, 0.3) is 5.91 Å². The maximum Gasteiger partial charge on any atom is 0.293 e. The van der Waals surface area contributed by atoms with Crippen molar-refractivity contribution in [2.45, 2.75) is 25.8 Å². The van der Waals surface area contributed by atoms with Gasteiger partial charge in [-0.05, 0) is 19.4 Å². The van der Waals surface area contributed by atoms with E-state index in [-0.39, 0.29) is 6.04 Å². The van der Waals surface area contributed by atoms with Crippen molar-refractivity contribution in [3.63, 3.8) is 0 Å². The Morgan fingerprint density at radius 2 is 2.08 bits per heavy atom. The molecule has 2 amide bonds. The first kappa shape index (κ1) is 9.85. The number of carbonyl (C=O) groups excluding carboxylic acids is 3. The van der Waals surface area contributed by atoms with Gasteiger partial charge in [0.05, 0.1) is 6.04 Å². The molecular formula is C8H12N2O3. The first-order chi connectivity index (χ1) is 6.11. The molecule has 1 fully saturated rings. The number of amides is 2. The summed E-state index contributed by atoms with van der Waals surface area (Å²) in [5.74, 6) is -1.89. The summed E-state index contributed by atoms with van der Waals surface area (Å²) in [5, 5.41) is 4.96. The van der Waals surface area contributed by atoms with Crippen molar-refractivity contribution in [3.8, 4) is 0 Å². The Kier molecular flexibility index (Phi) is 3.13. The van der Waals surface area contributed by atoms with Crippen molar-refractivity contribution in [2.75, 3.05) is 6.54 Å². The summed E-state index contributed by atoms with van der Waals surface area (Å²) in [4.78, 5) is 32.5. The Hall–Kier alpha value is -1.23. The second-order valence-corrected chi connectivity index (χ2v) is 3.02. The summed E-state index contributed by atoms with van der Waals surface area (Å²) in [7, 11) is 0. The van der Waals surface area contributed by atoms with Gasteiger partial charge >= 0.3 is 0 Å². The monoisotopic (exact) mass is 184 g/mol. The van der Waals surface area contributed by atoms with E-state index in [9.17, 15) is 14.4 Å². The first-order valence-corrected chi connectivity index (χ1v) is 4.20. The number of hydrogen-bond donors (Lipinski definition) is 2. The van der Waals surface area contributed by atoms with Gasteiger partial charge in [0.2, 0.25) is 11.7 Å². The normalized spacial score (nSPS) is 21.2. The number of nitrogens with one attached hydrogen (secondary N) is 2. The standard InChI is InChI=1S/C8H12N2O3/c1-5(11)7(12)10-8(13)6-3-2-4-9-6/h6,9H,2-4H2,1H3,(H,10,12,13)/t6-/m0/s1. The van der Waals surface area contributed by atoms with Crippen LogP contribution in [0.3, 0.4) is 0 Å². The van der Waals surface area contributed by atoms with E-state index in [0.29, 0.717) is 0 Å². The molecule has 1 heterocycles. The summed E-state index contributed by atoms with van der Waals surface area (Å²) >= 11 is 0. The molecule has 5 nitrogen and oxygen atoms in total. The van der Waals surface area contributed by atoms with Gasteiger partial charge < -0.3 is 5.32 Å². The Balaban J connectivity index is 2.40. The van der Waals surface area contributed by atoms with Crippen LogP contribution >= 0.6 is 0 Å². The molecule has 13 heavy (non-hydrogen) atoms. The number of imide groups is 1. The van der Waals surface area contributed by atoms with Gasteiger partial charge in [-0.2, -0.15) is 0 Å². The minimum absolute atomic E-state index is 0.316. The van der Waals surface area contributed by atoms with Gasteiger partial charge in [-0.15, -0.1) is 0 Å². The van der Waals surface area contributed by atoms with Crippen molar-refractivity contribution in [2.24, 2.45) is 0 Å². The third-order valence-electron chi connectivity index (χ3n) is 1.93. The Bertz CT molecular complexity index is 244. The van der Waals surface area contributed by atoms with Gasteiger partial charge in [-0.25, -0.2) is 0 Å². The van der Waals surface area contributed by atoms with Crippen molar-refractivity contribution in [1.29, 1.82) is 0 Å². The number of hydrogen-bond acceptors (Lipinski definition) is 4. The van der Waals surface area contributed by atoms with Crippen LogP contribution in [-0.2, 0) is 14.4 Å². The summed E-state index contributed by atoms with van der Waals surface area (Å²) < 4.78 is 0. The molecular weight excluding hydrogens is 172 g/mol. The third-order valence-corrected chi connectivity index (χ3v) is 1.93. The van der Waals surface area contributed by atoms with Gasteiger partial charge in [0, 0.05) is 6.92 Å². The van der Waals surface area contributed by atoms with Gasteiger partial charge in [0.1, 0.15) is 0 Å². The van der Waals surface area contributed by atoms with E-state index in [4.69, 9.17) is 0 Å². The van der Waals surface area contributed by atoms with Crippen LogP contribution in [0.15, 0.2) is 0 Å². The lowest BCUT2D eigenvalue weighted by atomic mass is 10.2. The number of rotatable bonds is 2. The lowest BCUT2D eigenvalue weighted by Crippen LogP contribution is -2.45. The maximum atomic E-state index is 11.2. The molecule has 0 bridgehead atoms. The molecule has 0 aliphatic carbocycles. The minimum atomic E-state index is -0.835. The smallest absolute Gasteiger partial charge is 0.293 e. The molecule has 0 radical (unpaired) electrons. The fourth-order valence-corrected chi connectivity index (χ4v) is 1.20. The van der Waals surface area contributed by atoms with Gasteiger partial charge in [-0.1, -0.05) is 0 Å². The molecule has 1 aliphatic heterocycles. The highest BCUT2D eigenvalue weighted by atomic mass is 16.2. The van der Waals surface area contributed by atoms with Crippen LogP contribution in [0.5, 0.6) is 0 Å². The molecule has 0 saturated carbocycles. The molecule has 1 rings (SSSR count). The summed E-state index contributed by atoms with van der Waals surface area (Å²) in [6.07, 6.45) is 1.64. The van der Waals surface area contributed by atoms with E-state index in [1.807, 2.05) is 5.32 Å². The Labute approximate surface area is 75.9 Å². The molecule has 72 valence electrons. The van der Waals surface area contributed by atoms with Crippen molar-refractivity contribution >= 4 is 17.6 Å². The second kappa shape index (κ2) is 4.13. The number of ketones is 1. The summed E-state index contributed by atoms with van der Waals surface area (Å²) in [5.41, 5.74) is 0. The Morgan fingerprint density at radius 3 is 2.54 bits per heavy atom. The fraction of sp³-hybridized carbons (Fsp3) is 0.625. The number of carbonyl (C=O) groups is 3. The van der Waals surface area contributed by atoms with Crippen LogP contribution < -0.4 is 10.6 Å². The molecule has 0 aromatic heterocycles. The van der Waals surface area contributed by atoms with E-state index < -0.39 is 17.6 Å². The largest absolute Gasteiger partial charge is 0.306 e. The van der Waals surface area contributed by atoms with E-state index >= 15 is 0 Å². The molecule has 1 saturated heterocycles. The summed E-state index contributed by atoms with van der Waals surface area (Å²) in [6, 6.07) is -0.316.